The maximum atomic E-state index is 14.0. The van der Waals surface area contributed by atoms with Crippen molar-refractivity contribution in [3.63, 3.8) is 0 Å². The Morgan fingerprint density at radius 3 is 2.52 bits per heavy atom. The Morgan fingerprint density at radius 2 is 1.90 bits per heavy atom. The molecule has 0 saturated carbocycles. The molecular formula is C12H8BrClF2N2O2S. The van der Waals surface area contributed by atoms with Gasteiger partial charge in [-0.3, -0.25) is 4.72 Å². The van der Waals surface area contributed by atoms with Gasteiger partial charge in [-0.25, -0.2) is 17.2 Å². The van der Waals surface area contributed by atoms with Crippen LogP contribution in [-0.4, -0.2) is 8.42 Å². The van der Waals surface area contributed by atoms with Gasteiger partial charge in [-0.1, -0.05) is 17.7 Å². The first-order valence-electron chi connectivity index (χ1n) is 5.43. The van der Waals surface area contributed by atoms with E-state index in [4.69, 9.17) is 17.3 Å². The maximum absolute atomic E-state index is 14.0. The zero-order chi connectivity index (χ0) is 15.8. The summed E-state index contributed by atoms with van der Waals surface area (Å²) in [4.78, 5) is -0.725. The lowest BCUT2D eigenvalue weighted by atomic mass is 10.3. The predicted octanol–water partition coefficient (Wildman–Crippen LogP) is 3.76. The molecule has 0 fully saturated rings. The summed E-state index contributed by atoms with van der Waals surface area (Å²) in [6.07, 6.45) is 0. The molecule has 0 atom stereocenters. The molecule has 0 unspecified atom stereocenters. The van der Waals surface area contributed by atoms with E-state index in [0.29, 0.717) is 0 Å². The summed E-state index contributed by atoms with van der Waals surface area (Å²) in [7, 11) is -4.30. The van der Waals surface area contributed by atoms with Crippen molar-refractivity contribution in [2.75, 3.05) is 10.5 Å². The molecule has 0 radical (unpaired) electrons. The van der Waals surface area contributed by atoms with Gasteiger partial charge >= 0.3 is 0 Å². The van der Waals surface area contributed by atoms with Gasteiger partial charge in [-0.05, 0) is 40.2 Å². The molecule has 21 heavy (non-hydrogen) atoms. The van der Waals surface area contributed by atoms with Crippen LogP contribution < -0.4 is 10.5 Å². The maximum Gasteiger partial charge on any atom is 0.264 e. The van der Waals surface area contributed by atoms with Gasteiger partial charge in [0, 0.05) is 0 Å². The van der Waals surface area contributed by atoms with Gasteiger partial charge in [0.1, 0.15) is 10.7 Å². The lowest BCUT2D eigenvalue weighted by Crippen LogP contribution is -2.16. The van der Waals surface area contributed by atoms with E-state index in [-0.39, 0.29) is 15.2 Å². The van der Waals surface area contributed by atoms with Crippen molar-refractivity contribution in [1.82, 2.24) is 0 Å². The molecule has 112 valence electrons. The number of sulfonamides is 1. The van der Waals surface area contributed by atoms with Crippen molar-refractivity contribution in [3.8, 4) is 0 Å². The minimum atomic E-state index is -4.30. The summed E-state index contributed by atoms with van der Waals surface area (Å²) in [5, 5.41) is -0.0616. The number of anilines is 2. The highest BCUT2D eigenvalue weighted by molar-refractivity contribution is 9.10. The smallest absolute Gasteiger partial charge is 0.264 e. The Labute approximate surface area is 133 Å². The number of halogens is 4. The van der Waals surface area contributed by atoms with Gasteiger partial charge in [0.2, 0.25) is 0 Å². The molecule has 0 heterocycles. The number of nitrogen functional groups attached to an aromatic ring is 1. The van der Waals surface area contributed by atoms with Crippen molar-refractivity contribution < 1.29 is 17.2 Å². The number of hydrogen-bond donors (Lipinski definition) is 2. The van der Waals surface area contributed by atoms with E-state index in [0.717, 1.165) is 18.2 Å². The molecule has 0 saturated heterocycles. The van der Waals surface area contributed by atoms with Crippen molar-refractivity contribution in [1.29, 1.82) is 0 Å². The Bertz CT molecular complexity index is 815. The number of hydrogen-bond acceptors (Lipinski definition) is 3. The lowest BCUT2D eigenvalue weighted by Gasteiger charge is -2.12. The first-order chi connectivity index (χ1) is 9.72. The fourth-order valence-electron chi connectivity index (χ4n) is 1.56. The highest BCUT2D eigenvalue weighted by Gasteiger charge is 2.24. The molecule has 0 aliphatic rings. The molecule has 4 nitrogen and oxygen atoms in total. The Morgan fingerprint density at radius 1 is 1.24 bits per heavy atom. The molecule has 0 aliphatic heterocycles. The van der Waals surface area contributed by atoms with Crippen LogP contribution >= 0.6 is 27.5 Å². The Balaban J connectivity index is 2.50. The molecule has 3 N–H and O–H groups in total. The average molecular weight is 398 g/mol. The number of benzene rings is 2. The van der Waals surface area contributed by atoms with Gasteiger partial charge in [-0.2, -0.15) is 0 Å². The number of nitrogens with one attached hydrogen (secondary N) is 1. The van der Waals surface area contributed by atoms with Crippen LogP contribution in [0.15, 0.2) is 39.7 Å². The van der Waals surface area contributed by atoms with Crippen LogP contribution in [0.2, 0.25) is 5.02 Å². The van der Waals surface area contributed by atoms with Gasteiger partial charge in [0.05, 0.1) is 20.9 Å². The van der Waals surface area contributed by atoms with Gasteiger partial charge < -0.3 is 5.73 Å². The minimum Gasteiger partial charge on any atom is -0.395 e. The van der Waals surface area contributed by atoms with Crippen LogP contribution in [0.5, 0.6) is 0 Å². The second-order valence-electron chi connectivity index (χ2n) is 4.01. The quantitative estimate of drug-likeness (QED) is 0.612. The molecule has 9 heteroatoms. The third-order valence-corrected chi connectivity index (χ3v) is 5.28. The molecule has 0 spiro atoms. The van der Waals surface area contributed by atoms with Crippen molar-refractivity contribution in [2.45, 2.75) is 4.90 Å². The van der Waals surface area contributed by atoms with Crippen molar-refractivity contribution >= 4 is 48.9 Å². The van der Waals surface area contributed by atoms with E-state index in [1.165, 1.54) is 12.1 Å². The average Bonchev–Trinajstić information content (AvgIpc) is 2.40. The first-order valence-corrected chi connectivity index (χ1v) is 8.09. The fraction of sp³-hybridized carbons (Fsp3) is 0. The second-order valence-corrected chi connectivity index (χ2v) is 6.87. The molecule has 0 aliphatic carbocycles. The molecule has 0 bridgehead atoms. The van der Waals surface area contributed by atoms with Crippen LogP contribution in [0.25, 0.3) is 0 Å². The summed E-state index contributed by atoms with van der Waals surface area (Å²) in [6.45, 7) is 0. The monoisotopic (exact) mass is 396 g/mol. The molecular weight excluding hydrogens is 390 g/mol. The van der Waals surface area contributed by atoms with Crippen LogP contribution in [0, 0.1) is 11.6 Å². The van der Waals surface area contributed by atoms with E-state index in [1.54, 1.807) is 0 Å². The largest absolute Gasteiger partial charge is 0.395 e. The summed E-state index contributed by atoms with van der Waals surface area (Å²) in [5.41, 5.74) is 4.96. The van der Waals surface area contributed by atoms with Crippen LogP contribution in [0.3, 0.4) is 0 Å². The topological polar surface area (TPSA) is 72.2 Å². The summed E-state index contributed by atoms with van der Waals surface area (Å²) in [6, 6.07) is 5.65. The Hall–Kier alpha value is -1.38. The summed E-state index contributed by atoms with van der Waals surface area (Å²) >= 11 is 8.73. The Kier molecular flexibility index (Phi) is 4.40. The minimum absolute atomic E-state index is 0.0491. The predicted molar refractivity (Wildman–Crippen MR) is 80.7 cm³/mol. The van der Waals surface area contributed by atoms with Crippen molar-refractivity contribution in [3.05, 3.63) is 51.5 Å². The second kappa shape index (κ2) is 5.78. The van der Waals surface area contributed by atoms with Gasteiger partial charge in [0.15, 0.2) is 5.82 Å². The molecule has 2 aromatic rings. The van der Waals surface area contributed by atoms with Crippen LogP contribution in [0.1, 0.15) is 0 Å². The molecule has 2 rings (SSSR count). The van der Waals surface area contributed by atoms with E-state index in [1.807, 2.05) is 0 Å². The van der Waals surface area contributed by atoms with Crippen molar-refractivity contribution in [2.24, 2.45) is 0 Å². The van der Waals surface area contributed by atoms with Gasteiger partial charge in [0.25, 0.3) is 10.0 Å². The zero-order valence-electron chi connectivity index (χ0n) is 10.2. The van der Waals surface area contributed by atoms with Crippen LogP contribution in [-0.2, 0) is 10.0 Å². The SMILES string of the molecule is Nc1c(F)c(S(=O)(=O)Nc2cccc(F)c2)cc(Cl)c1Br. The standard InChI is InChI=1S/C12H8BrClF2N2O2S/c13-10-8(14)5-9(11(16)12(10)17)21(19,20)18-7-3-1-2-6(15)4-7/h1-5,18H,17H2. The summed E-state index contributed by atoms with van der Waals surface area (Å²) < 4.78 is 53.5. The highest BCUT2D eigenvalue weighted by atomic mass is 79.9. The van der Waals surface area contributed by atoms with E-state index >= 15 is 0 Å². The van der Waals surface area contributed by atoms with Crippen LogP contribution in [0.4, 0.5) is 20.2 Å². The normalized spacial score (nSPS) is 11.4. The molecule has 0 amide bonds. The third-order valence-electron chi connectivity index (χ3n) is 2.52. The number of nitrogens with two attached hydrogens (primary N) is 1. The first kappa shape index (κ1) is 16.0. The van der Waals surface area contributed by atoms with Gasteiger partial charge in [-0.15, -0.1) is 0 Å². The van der Waals surface area contributed by atoms with E-state index in [9.17, 15) is 17.2 Å². The number of rotatable bonds is 3. The highest BCUT2D eigenvalue weighted by Crippen LogP contribution is 2.35. The lowest BCUT2D eigenvalue weighted by molar-refractivity contribution is 0.572. The zero-order valence-corrected chi connectivity index (χ0v) is 13.4. The molecule has 0 aromatic heterocycles. The van der Waals surface area contributed by atoms with E-state index in [2.05, 4.69) is 20.7 Å². The molecule has 2 aromatic carbocycles. The van der Waals surface area contributed by atoms with E-state index < -0.39 is 32.2 Å². The summed E-state index contributed by atoms with van der Waals surface area (Å²) in [5.74, 6) is -1.78. The fourth-order valence-corrected chi connectivity index (χ4v) is 3.29. The third kappa shape index (κ3) is 3.28.